The number of halogens is 1. The first-order chi connectivity index (χ1) is 12.1. The number of aromatic nitrogens is 5. The molecule has 1 aromatic carbocycles. The largest absolute Gasteiger partial charge is 0.351 e. The number of hydrogen-bond acceptors (Lipinski definition) is 4. The number of amides is 1. The van der Waals surface area contributed by atoms with Crippen molar-refractivity contribution in [3.63, 3.8) is 0 Å². The lowest BCUT2D eigenvalue weighted by molar-refractivity contribution is 0.0947. The molecule has 0 bridgehead atoms. The summed E-state index contributed by atoms with van der Waals surface area (Å²) in [7, 11) is 0. The van der Waals surface area contributed by atoms with E-state index in [1.807, 2.05) is 17.7 Å². The third-order valence-electron chi connectivity index (χ3n) is 3.98. The molecule has 8 heteroatoms. The molecule has 25 heavy (non-hydrogen) atoms. The van der Waals surface area contributed by atoms with E-state index < -0.39 is 5.82 Å². The van der Waals surface area contributed by atoms with Crippen LogP contribution in [0, 0.1) is 19.7 Å². The second kappa shape index (κ2) is 7.25. The number of hydrogen-bond donors (Lipinski definition) is 1. The molecule has 0 aliphatic rings. The van der Waals surface area contributed by atoms with E-state index in [1.165, 1.54) is 10.7 Å². The van der Waals surface area contributed by atoms with Crippen LogP contribution in [0.15, 0.2) is 36.7 Å². The summed E-state index contributed by atoms with van der Waals surface area (Å²) >= 11 is 0. The van der Waals surface area contributed by atoms with Gasteiger partial charge in [-0.3, -0.25) is 4.79 Å². The van der Waals surface area contributed by atoms with Crippen molar-refractivity contribution in [3.05, 3.63) is 59.7 Å². The Hall–Kier alpha value is -3.03. The van der Waals surface area contributed by atoms with E-state index in [0.717, 1.165) is 18.8 Å². The number of para-hydroxylation sites is 1. The minimum atomic E-state index is -0.418. The van der Waals surface area contributed by atoms with Gasteiger partial charge < -0.3 is 9.88 Å². The van der Waals surface area contributed by atoms with Crippen molar-refractivity contribution in [1.29, 1.82) is 0 Å². The first-order valence-corrected chi connectivity index (χ1v) is 8.01. The minimum Gasteiger partial charge on any atom is -0.351 e. The second-order valence-corrected chi connectivity index (χ2v) is 5.66. The lowest BCUT2D eigenvalue weighted by Gasteiger charge is -2.07. The van der Waals surface area contributed by atoms with Crippen molar-refractivity contribution in [1.82, 2.24) is 29.9 Å². The number of aryl methyl sites for hydroxylation is 2. The first-order valence-electron chi connectivity index (χ1n) is 8.01. The van der Waals surface area contributed by atoms with Crippen LogP contribution in [0.5, 0.6) is 0 Å². The van der Waals surface area contributed by atoms with Gasteiger partial charge in [-0.2, -0.15) is 0 Å². The van der Waals surface area contributed by atoms with E-state index in [-0.39, 0.29) is 17.3 Å². The van der Waals surface area contributed by atoms with Gasteiger partial charge in [0.05, 0.1) is 5.69 Å². The van der Waals surface area contributed by atoms with Crippen molar-refractivity contribution in [2.24, 2.45) is 0 Å². The summed E-state index contributed by atoms with van der Waals surface area (Å²) in [6.45, 7) is 4.90. The molecule has 3 rings (SSSR count). The standard InChI is InChI=1S/C17H19FN6O/c1-12-16(21-22-24(12)15-7-4-3-6-14(15)18)17(25)20-8-5-10-23-11-9-19-13(23)2/h3-4,6-7,9,11H,5,8,10H2,1-2H3,(H,20,25). The van der Waals surface area contributed by atoms with Gasteiger partial charge >= 0.3 is 0 Å². The summed E-state index contributed by atoms with van der Waals surface area (Å²) in [6, 6.07) is 6.23. The SMILES string of the molecule is Cc1nccn1CCCNC(=O)c1nnn(-c2ccccc2F)c1C. The molecular weight excluding hydrogens is 323 g/mol. The van der Waals surface area contributed by atoms with Crippen LogP contribution in [0.4, 0.5) is 4.39 Å². The van der Waals surface area contributed by atoms with E-state index in [2.05, 4.69) is 20.6 Å². The lowest BCUT2D eigenvalue weighted by atomic mass is 10.2. The van der Waals surface area contributed by atoms with Gasteiger partial charge in [0.1, 0.15) is 17.3 Å². The zero-order chi connectivity index (χ0) is 17.8. The molecule has 0 atom stereocenters. The molecule has 1 amide bonds. The van der Waals surface area contributed by atoms with Crippen LogP contribution in [0.3, 0.4) is 0 Å². The van der Waals surface area contributed by atoms with Gasteiger partial charge in [0, 0.05) is 25.5 Å². The fourth-order valence-electron chi connectivity index (χ4n) is 2.57. The van der Waals surface area contributed by atoms with Crippen LogP contribution >= 0.6 is 0 Å². The Morgan fingerprint density at radius 1 is 1.28 bits per heavy atom. The van der Waals surface area contributed by atoms with Crippen molar-refractivity contribution in [3.8, 4) is 5.69 Å². The van der Waals surface area contributed by atoms with Gasteiger partial charge in [0.2, 0.25) is 0 Å². The molecule has 2 aromatic heterocycles. The number of rotatable bonds is 6. The average molecular weight is 342 g/mol. The van der Waals surface area contributed by atoms with Gasteiger partial charge in [0.15, 0.2) is 5.69 Å². The van der Waals surface area contributed by atoms with Gasteiger partial charge in [-0.15, -0.1) is 5.10 Å². The molecule has 0 aliphatic heterocycles. The van der Waals surface area contributed by atoms with Crippen molar-refractivity contribution in [2.45, 2.75) is 26.8 Å². The van der Waals surface area contributed by atoms with Gasteiger partial charge in [-0.1, -0.05) is 17.3 Å². The fraction of sp³-hybridized carbons (Fsp3) is 0.294. The molecule has 0 saturated carbocycles. The Bertz CT molecular complexity index is 885. The van der Waals surface area contributed by atoms with Crippen LogP contribution < -0.4 is 5.32 Å². The summed E-state index contributed by atoms with van der Waals surface area (Å²) in [5.41, 5.74) is 0.956. The Kier molecular flexibility index (Phi) is 4.87. The third-order valence-corrected chi connectivity index (χ3v) is 3.98. The molecule has 0 spiro atoms. The number of nitrogens with zero attached hydrogens (tertiary/aromatic N) is 5. The maximum Gasteiger partial charge on any atom is 0.273 e. The van der Waals surface area contributed by atoms with Crippen LogP contribution in [0.2, 0.25) is 0 Å². The third kappa shape index (κ3) is 3.57. The maximum absolute atomic E-state index is 13.9. The lowest BCUT2D eigenvalue weighted by Crippen LogP contribution is -2.26. The zero-order valence-electron chi connectivity index (χ0n) is 14.1. The van der Waals surface area contributed by atoms with Crippen LogP contribution in [-0.4, -0.2) is 37.0 Å². The molecular formula is C17H19FN6O. The molecule has 130 valence electrons. The highest BCUT2D eigenvalue weighted by Gasteiger charge is 2.18. The molecule has 0 unspecified atom stereocenters. The molecule has 7 nitrogen and oxygen atoms in total. The minimum absolute atomic E-state index is 0.196. The van der Waals surface area contributed by atoms with Crippen molar-refractivity contribution >= 4 is 5.91 Å². The van der Waals surface area contributed by atoms with Crippen LogP contribution in [0.25, 0.3) is 5.69 Å². The molecule has 0 fully saturated rings. The summed E-state index contributed by atoms with van der Waals surface area (Å²) in [6.07, 6.45) is 4.42. The molecule has 1 N–H and O–H groups in total. The highest BCUT2D eigenvalue weighted by Crippen LogP contribution is 2.15. The normalized spacial score (nSPS) is 10.8. The van der Waals surface area contributed by atoms with E-state index >= 15 is 0 Å². The van der Waals surface area contributed by atoms with Gasteiger partial charge in [0.25, 0.3) is 5.91 Å². The highest BCUT2D eigenvalue weighted by molar-refractivity contribution is 5.93. The van der Waals surface area contributed by atoms with Gasteiger partial charge in [-0.25, -0.2) is 14.1 Å². The molecule has 3 aromatic rings. The van der Waals surface area contributed by atoms with Gasteiger partial charge in [-0.05, 0) is 32.4 Å². The van der Waals surface area contributed by atoms with E-state index in [0.29, 0.717) is 12.2 Å². The summed E-state index contributed by atoms with van der Waals surface area (Å²) in [5, 5.41) is 10.6. The number of carbonyl (C=O) groups excluding carboxylic acids is 1. The predicted octanol–water partition coefficient (Wildman–Crippen LogP) is 2.04. The van der Waals surface area contributed by atoms with Crippen LogP contribution in [0.1, 0.15) is 28.4 Å². The van der Waals surface area contributed by atoms with Crippen molar-refractivity contribution < 1.29 is 9.18 Å². The summed E-state index contributed by atoms with van der Waals surface area (Å²) in [4.78, 5) is 16.4. The fourth-order valence-corrected chi connectivity index (χ4v) is 2.57. The number of nitrogens with one attached hydrogen (secondary N) is 1. The maximum atomic E-state index is 13.9. The average Bonchev–Trinajstić information content (AvgIpc) is 3.18. The predicted molar refractivity (Wildman–Crippen MR) is 90.0 cm³/mol. The molecule has 0 radical (unpaired) electrons. The second-order valence-electron chi connectivity index (χ2n) is 5.66. The van der Waals surface area contributed by atoms with Crippen molar-refractivity contribution in [2.75, 3.05) is 6.54 Å². The smallest absolute Gasteiger partial charge is 0.273 e. The Morgan fingerprint density at radius 2 is 2.08 bits per heavy atom. The monoisotopic (exact) mass is 342 g/mol. The number of benzene rings is 1. The van der Waals surface area contributed by atoms with E-state index in [9.17, 15) is 9.18 Å². The molecule has 0 aliphatic carbocycles. The van der Waals surface area contributed by atoms with E-state index in [4.69, 9.17) is 0 Å². The zero-order valence-corrected chi connectivity index (χ0v) is 14.1. The summed E-state index contributed by atoms with van der Waals surface area (Å²) < 4.78 is 17.2. The Morgan fingerprint density at radius 3 is 2.80 bits per heavy atom. The molecule has 2 heterocycles. The molecule has 0 saturated heterocycles. The Labute approximate surface area is 144 Å². The Balaban J connectivity index is 1.61. The number of carbonyl (C=O) groups is 1. The highest BCUT2D eigenvalue weighted by atomic mass is 19.1. The topological polar surface area (TPSA) is 77.6 Å². The van der Waals surface area contributed by atoms with Crippen LogP contribution in [-0.2, 0) is 6.54 Å². The van der Waals surface area contributed by atoms with E-state index in [1.54, 1.807) is 31.3 Å². The quantitative estimate of drug-likeness (QED) is 0.696. The summed E-state index contributed by atoms with van der Waals surface area (Å²) in [5.74, 6) is 0.204. The number of imidazole rings is 1. The first kappa shape index (κ1) is 16.8.